The van der Waals surface area contributed by atoms with Gasteiger partial charge in [-0.2, -0.15) is 0 Å². The van der Waals surface area contributed by atoms with Crippen LogP contribution in [0.25, 0.3) is 76.9 Å². The van der Waals surface area contributed by atoms with E-state index in [1.807, 2.05) is 18.2 Å². The first-order chi connectivity index (χ1) is 24.8. The summed E-state index contributed by atoms with van der Waals surface area (Å²) < 4.78 is 121. The summed E-state index contributed by atoms with van der Waals surface area (Å²) in [4.78, 5) is 0. The van der Waals surface area contributed by atoms with Crippen molar-refractivity contribution in [1.82, 2.24) is 0 Å². The van der Waals surface area contributed by atoms with Crippen LogP contribution in [0.1, 0.15) is 17.8 Å². The van der Waals surface area contributed by atoms with Crippen LogP contribution in [0.2, 0.25) is 0 Å². The molecule has 0 atom stereocenters. The van der Waals surface area contributed by atoms with Crippen molar-refractivity contribution in [2.45, 2.75) is 0 Å². The fourth-order valence-electron chi connectivity index (χ4n) is 5.45. The highest BCUT2D eigenvalue weighted by Gasteiger charge is 2.21. The zero-order chi connectivity index (χ0) is 37.1. The maximum atomic E-state index is 9.33. The smallest absolute Gasteiger partial charge is 0.136 e. The van der Waals surface area contributed by atoms with Crippen molar-refractivity contribution in [3.8, 4) is 33.4 Å². The summed E-state index contributed by atoms with van der Waals surface area (Å²) in [7, 11) is 0. The lowest BCUT2D eigenvalue weighted by Gasteiger charge is -2.20. The summed E-state index contributed by atoms with van der Waals surface area (Å²) in [5, 5.41) is 1.09. The van der Waals surface area contributed by atoms with E-state index in [1.54, 1.807) is 42.5 Å². The van der Waals surface area contributed by atoms with Crippen molar-refractivity contribution in [2.24, 2.45) is 0 Å². The van der Waals surface area contributed by atoms with Crippen LogP contribution in [-0.2, 0) is 0 Å². The first kappa shape index (κ1) is 12.6. The summed E-state index contributed by atoms with van der Waals surface area (Å²) in [5.74, 6) is 0. The maximum Gasteiger partial charge on any atom is 0.136 e. The molecule has 1 nitrogen and oxygen atoms in total. The van der Waals surface area contributed by atoms with Gasteiger partial charge in [-0.1, -0.05) is 133 Å². The molecule has 0 saturated heterocycles. The summed E-state index contributed by atoms with van der Waals surface area (Å²) in [5.41, 5.74) is 1.64. The zero-order valence-corrected chi connectivity index (χ0v) is 20.3. The van der Waals surface area contributed by atoms with E-state index >= 15 is 0 Å². The van der Waals surface area contributed by atoms with Crippen molar-refractivity contribution in [3.63, 3.8) is 0 Å². The van der Waals surface area contributed by atoms with E-state index in [-0.39, 0.29) is 49.4 Å². The third-order valence-corrected chi connectivity index (χ3v) is 7.01. The van der Waals surface area contributed by atoms with Crippen LogP contribution < -0.4 is 0 Å². The molecule has 7 aromatic carbocycles. The number of para-hydroxylation sites is 1. The molecule has 0 unspecified atom stereocenters. The van der Waals surface area contributed by atoms with Crippen molar-refractivity contribution >= 4 is 43.5 Å². The molecule has 0 N–H and O–H groups in total. The fourth-order valence-corrected chi connectivity index (χ4v) is 5.45. The Bertz CT molecular complexity index is 2780. The summed E-state index contributed by atoms with van der Waals surface area (Å²) in [6, 6.07) is 11.7. The second kappa shape index (κ2) is 8.72. The lowest BCUT2D eigenvalue weighted by molar-refractivity contribution is 0.669. The van der Waals surface area contributed by atoms with Crippen LogP contribution in [0.15, 0.2) is 150 Å². The number of hydrogen-bond acceptors (Lipinski definition) is 1. The first-order valence-corrected chi connectivity index (χ1v) is 12.3. The molecule has 182 valence electrons. The highest BCUT2D eigenvalue weighted by molar-refractivity contribution is 6.26. The third kappa shape index (κ3) is 3.34. The average molecular weight is 510 g/mol. The van der Waals surface area contributed by atoms with Gasteiger partial charge in [-0.15, -0.1) is 0 Å². The molecular weight excluding hydrogens is 472 g/mol. The van der Waals surface area contributed by atoms with Crippen LogP contribution >= 0.6 is 0 Å². The number of rotatable bonds is 3. The van der Waals surface area contributed by atoms with E-state index in [1.165, 1.54) is 6.07 Å². The quantitative estimate of drug-likeness (QED) is 0.216. The zero-order valence-electron chi connectivity index (χ0n) is 33.3. The Kier molecular flexibility index (Phi) is 2.82. The average Bonchev–Trinajstić information content (AvgIpc) is 3.54. The molecule has 39 heavy (non-hydrogen) atoms. The largest absolute Gasteiger partial charge is 0.456 e. The van der Waals surface area contributed by atoms with Gasteiger partial charge in [-0.3, -0.25) is 0 Å². The number of hydrogen-bond donors (Lipinski definition) is 0. The van der Waals surface area contributed by atoms with Gasteiger partial charge in [0.15, 0.2) is 0 Å². The van der Waals surface area contributed by atoms with Gasteiger partial charge in [-0.05, 0) is 67.1 Å². The molecule has 0 aliphatic rings. The Morgan fingerprint density at radius 3 is 1.62 bits per heavy atom. The van der Waals surface area contributed by atoms with Gasteiger partial charge in [0.1, 0.15) is 11.2 Å². The summed E-state index contributed by atoms with van der Waals surface area (Å²) >= 11 is 0. The van der Waals surface area contributed by atoms with Gasteiger partial charge in [0.05, 0.1) is 17.8 Å². The predicted octanol–water partition coefficient (Wildman–Crippen LogP) is 10.9. The predicted molar refractivity (Wildman–Crippen MR) is 165 cm³/mol. The van der Waals surface area contributed by atoms with Gasteiger partial charge in [-0.25, -0.2) is 0 Å². The highest BCUT2D eigenvalue weighted by Crippen LogP contribution is 2.48. The molecule has 0 fully saturated rings. The molecule has 0 bridgehead atoms. The lowest BCUT2D eigenvalue weighted by Crippen LogP contribution is -1.93. The van der Waals surface area contributed by atoms with Crippen LogP contribution in [0.4, 0.5) is 0 Å². The van der Waals surface area contributed by atoms with Crippen molar-refractivity contribution in [1.29, 1.82) is 0 Å². The molecule has 1 aromatic heterocycles. The Morgan fingerprint density at radius 1 is 0.410 bits per heavy atom. The Balaban J connectivity index is 1.71. The van der Waals surface area contributed by atoms with E-state index in [0.29, 0.717) is 27.5 Å². The third-order valence-electron chi connectivity index (χ3n) is 7.01. The number of benzene rings is 7. The molecule has 1 heteroatoms. The molecule has 8 aromatic rings. The lowest BCUT2D eigenvalue weighted by atomic mass is 9.83. The van der Waals surface area contributed by atoms with E-state index in [0.717, 1.165) is 0 Å². The minimum absolute atomic E-state index is 0.000567. The fraction of sp³-hybridized carbons (Fsp3) is 0. The second-order valence-electron chi connectivity index (χ2n) is 9.07. The summed E-state index contributed by atoms with van der Waals surface area (Å²) in [6.07, 6.45) is 0. The Morgan fingerprint density at radius 2 is 0.923 bits per heavy atom. The monoisotopic (exact) mass is 509 g/mol. The maximum absolute atomic E-state index is 9.33. The molecule has 0 radical (unpaired) electrons. The van der Waals surface area contributed by atoms with Crippen molar-refractivity contribution in [2.75, 3.05) is 0 Å². The molecule has 0 saturated carbocycles. The standard InChI is InChI=1S/C38H24O/c1-2-13-25(14-3-1)26-15-4-5-16-27(26)36-28-17-6-8-19-30(28)37(31-20-9-7-18-29(31)36)33-22-12-24-35-38(33)32-21-10-11-23-34(32)39-35/h1-24H/i1D,2D,3D,6D,7D,8D,9D,13D,14D,17D,18D,19D,20D. The Labute approximate surface area is 244 Å². The minimum atomic E-state index is -0.597. The number of furan rings is 1. The Hall–Kier alpha value is -5.14. The topological polar surface area (TPSA) is 13.1 Å². The SMILES string of the molecule is [2H]c1c([2H])c([2H])c(-c2ccccc2-c2c3c([2H])c([2H])c([2H])c([2H])c3c(-c3cccc4oc5ccccc5c34)c3c([2H])c([2H])c([2H])c([2H])c23)c([2H])c1[2H]. The summed E-state index contributed by atoms with van der Waals surface area (Å²) in [6.45, 7) is 0. The highest BCUT2D eigenvalue weighted by atomic mass is 16.3. The minimum Gasteiger partial charge on any atom is -0.456 e. The van der Waals surface area contributed by atoms with Crippen LogP contribution in [-0.4, -0.2) is 0 Å². The second-order valence-corrected chi connectivity index (χ2v) is 9.07. The molecule has 1 heterocycles. The van der Waals surface area contributed by atoms with Crippen molar-refractivity contribution < 1.29 is 22.2 Å². The molecule has 0 aliphatic carbocycles. The van der Waals surface area contributed by atoms with Crippen LogP contribution in [0.3, 0.4) is 0 Å². The van der Waals surface area contributed by atoms with Crippen molar-refractivity contribution in [3.05, 3.63) is 145 Å². The molecule has 0 amide bonds. The van der Waals surface area contributed by atoms with E-state index in [2.05, 4.69) is 0 Å². The van der Waals surface area contributed by atoms with E-state index < -0.39 is 78.6 Å². The van der Waals surface area contributed by atoms with Gasteiger partial charge < -0.3 is 4.42 Å². The molecule has 0 aliphatic heterocycles. The number of fused-ring (bicyclic) bond motifs is 5. The molecule has 0 spiro atoms. The van der Waals surface area contributed by atoms with Gasteiger partial charge in [0, 0.05) is 10.8 Å². The van der Waals surface area contributed by atoms with Gasteiger partial charge in [0.25, 0.3) is 0 Å². The van der Waals surface area contributed by atoms with Gasteiger partial charge >= 0.3 is 0 Å². The van der Waals surface area contributed by atoms with E-state index in [4.69, 9.17) is 16.8 Å². The first-order valence-electron chi connectivity index (χ1n) is 18.8. The van der Waals surface area contributed by atoms with Crippen LogP contribution in [0, 0.1) is 0 Å². The normalized spacial score (nSPS) is 16.3. The van der Waals surface area contributed by atoms with Crippen LogP contribution in [0.5, 0.6) is 0 Å². The molecular formula is C38H24O. The van der Waals surface area contributed by atoms with E-state index in [9.17, 15) is 5.48 Å². The molecule has 8 rings (SSSR count). The van der Waals surface area contributed by atoms with Gasteiger partial charge in [0.2, 0.25) is 0 Å².